The third-order valence-corrected chi connectivity index (χ3v) is 5.22. The maximum Gasteiger partial charge on any atom is 0.306 e. The Labute approximate surface area is 165 Å². The molecule has 1 amide bonds. The minimum atomic E-state index is -0.387. The molecule has 1 aliphatic rings. The summed E-state index contributed by atoms with van der Waals surface area (Å²) in [6, 6.07) is 7.76. The van der Waals surface area contributed by atoms with Crippen LogP contribution in [0.2, 0.25) is 0 Å². The quantitative estimate of drug-likeness (QED) is 0.743. The summed E-state index contributed by atoms with van der Waals surface area (Å²) in [6.45, 7) is 5.79. The standard InChI is InChI=1S/C21H28N4O3/c1-15-19(16(2)24(3)23-15)10-11-21(27)28-14-20(26)22-17-6-8-18(9-7-17)25-12-4-5-13-25/h6-9H,4-5,10-14H2,1-3H3,(H,22,26). The fourth-order valence-corrected chi connectivity index (χ4v) is 3.55. The number of aromatic nitrogens is 2. The Hall–Kier alpha value is -2.83. The Bertz CT molecular complexity index is 836. The molecule has 0 radical (unpaired) electrons. The molecule has 1 aromatic heterocycles. The van der Waals surface area contributed by atoms with Crippen molar-refractivity contribution in [1.82, 2.24) is 9.78 Å². The SMILES string of the molecule is Cc1nn(C)c(C)c1CCC(=O)OCC(=O)Nc1ccc(N2CCCC2)cc1. The zero-order chi connectivity index (χ0) is 20.1. The van der Waals surface area contributed by atoms with Gasteiger partial charge >= 0.3 is 5.97 Å². The van der Waals surface area contributed by atoms with E-state index >= 15 is 0 Å². The van der Waals surface area contributed by atoms with Gasteiger partial charge < -0.3 is 15.0 Å². The fourth-order valence-electron chi connectivity index (χ4n) is 3.55. The molecule has 0 spiro atoms. The van der Waals surface area contributed by atoms with Crippen molar-refractivity contribution in [2.24, 2.45) is 7.05 Å². The first-order chi connectivity index (χ1) is 13.4. The highest BCUT2D eigenvalue weighted by Crippen LogP contribution is 2.22. The first-order valence-corrected chi connectivity index (χ1v) is 9.73. The van der Waals surface area contributed by atoms with Gasteiger partial charge in [0.1, 0.15) is 0 Å². The first kappa shape index (κ1) is 19.9. The van der Waals surface area contributed by atoms with Gasteiger partial charge in [-0.25, -0.2) is 0 Å². The molecule has 2 aromatic rings. The van der Waals surface area contributed by atoms with Crippen LogP contribution in [0.3, 0.4) is 0 Å². The molecule has 0 saturated carbocycles. The van der Waals surface area contributed by atoms with Crippen LogP contribution < -0.4 is 10.2 Å². The summed E-state index contributed by atoms with van der Waals surface area (Å²) in [4.78, 5) is 26.3. The molecule has 1 fully saturated rings. The zero-order valence-electron chi connectivity index (χ0n) is 16.8. The number of ether oxygens (including phenoxy) is 1. The largest absolute Gasteiger partial charge is 0.456 e. The Morgan fingerprint density at radius 1 is 1.14 bits per heavy atom. The highest BCUT2D eigenvalue weighted by Gasteiger charge is 2.14. The van der Waals surface area contributed by atoms with Gasteiger partial charge in [-0.1, -0.05) is 0 Å². The topological polar surface area (TPSA) is 76.5 Å². The number of amides is 1. The first-order valence-electron chi connectivity index (χ1n) is 9.73. The lowest BCUT2D eigenvalue weighted by atomic mass is 10.1. The average Bonchev–Trinajstić information content (AvgIpc) is 3.29. The van der Waals surface area contributed by atoms with Crippen LogP contribution >= 0.6 is 0 Å². The van der Waals surface area contributed by atoms with E-state index in [1.807, 2.05) is 45.2 Å². The van der Waals surface area contributed by atoms with Crippen molar-refractivity contribution in [2.45, 2.75) is 39.5 Å². The van der Waals surface area contributed by atoms with Crippen LogP contribution in [0.1, 0.15) is 36.2 Å². The van der Waals surface area contributed by atoms with Crippen molar-refractivity contribution in [3.63, 3.8) is 0 Å². The maximum atomic E-state index is 12.0. The number of hydrogen-bond acceptors (Lipinski definition) is 5. The van der Waals surface area contributed by atoms with Gasteiger partial charge in [0.25, 0.3) is 5.91 Å². The van der Waals surface area contributed by atoms with Crippen LogP contribution in [0.25, 0.3) is 0 Å². The van der Waals surface area contributed by atoms with E-state index in [1.54, 1.807) is 4.68 Å². The molecular weight excluding hydrogens is 356 g/mol. The van der Waals surface area contributed by atoms with E-state index in [1.165, 1.54) is 18.5 Å². The van der Waals surface area contributed by atoms with Gasteiger partial charge in [0.05, 0.1) is 5.69 Å². The van der Waals surface area contributed by atoms with Gasteiger partial charge in [0, 0.05) is 43.6 Å². The molecule has 0 bridgehead atoms. The lowest BCUT2D eigenvalue weighted by molar-refractivity contribution is -0.147. The lowest BCUT2D eigenvalue weighted by Gasteiger charge is -2.17. The number of rotatable bonds is 7. The second-order valence-electron chi connectivity index (χ2n) is 7.22. The molecular formula is C21H28N4O3. The van der Waals surface area contributed by atoms with Crippen LogP contribution in [-0.4, -0.2) is 41.4 Å². The minimum Gasteiger partial charge on any atom is -0.456 e. The smallest absolute Gasteiger partial charge is 0.306 e. The highest BCUT2D eigenvalue weighted by atomic mass is 16.5. The van der Waals surface area contributed by atoms with Gasteiger partial charge in [-0.15, -0.1) is 0 Å². The Morgan fingerprint density at radius 2 is 1.82 bits per heavy atom. The molecule has 28 heavy (non-hydrogen) atoms. The molecule has 0 atom stereocenters. The highest BCUT2D eigenvalue weighted by molar-refractivity contribution is 5.92. The van der Waals surface area contributed by atoms with Crippen molar-refractivity contribution >= 4 is 23.3 Å². The van der Waals surface area contributed by atoms with Crippen molar-refractivity contribution < 1.29 is 14.3 Å². The van der Waals surface area contributed by atoms with E-state index in [2.05, 4.69) is 15.3 Å². The predicted octanol–water partition coefficient (Wildman–Crippen LogP) is 2.75. The summed E-state index contributed by atoms with van der Waals surface area (Å²) >= 11 is 0. The Balaban J connectivity index is 1.41. The second kappa shape index (κ2) is 8.91. The van der Waals surface area contributed by atoms with Gasteiger partial charge in [-0.2, -0.15) is 5.10 Å². The third-order valence-electron chi connectivity index (χ3n) is 5.22. The number of carbonyl (C=O) groups is 2. The summed E-state index contributed by atoms with van der Waals surface area (Å²) in [5.41, 5.74) is 4.89. The number of esters is 1. The number of hydrogen-bond donors (Lipinski definition) is 1. The van der Waals surface area contributed by atoms with Crippen LogP contribution in [0.5, 0.6) is 0 Å². The van der Waals surface area contributed by atoms with E-state index in [0.29, 0.717) is 12.1 Å². The van der Waals surface area contributed by atoms with Crippen molar-refractivity contribution in [3.8, 4) is 0 Å². The summed E-state index contributed by atoms with van der Waals surface area (Å²) < 4.78 is 6.91. The van der Waals surface area contributed by atoms with Crippen molar-refractivity contribution in [3.05, 3.63) is 41.2 Å². The number of benzene rings is 1. The van der Waals surface area contributed by atoms with Crippen LogP contribution in [0.15, 0.2) is 24.3 Å². The summed E-state index contributed by atoms with van der Waals surface area (Å²) in [7, 11) is 1.88. The lowest BCUT2D eigenvalue weighted by Crippen LogP contribution is -2.21. The van der Waals surface area contributed by atoms with Gasteiger partial charge in [0.15, 0.2) is 6.61 Å². The van der Waals surface area contributed by atoms with Crippen LogP contribution in [0, 0.1) is 13.8 Å². The van der Waals surface area contributed by atoms with E-state index in [9.17, 15) is 9.59 Å². The molecule has 2 heterocycles. The average molecular weight is 384 g/mol. The Morgan fingerprint density at radius 3 is 2.43 bits per heavy atom. The summed E-state index contributed by atoms with van der Waals surface area (Å²) in [5.74, 6) is -0.724. The van der Waals surface area contributed by atoms with E-state index in [4.69, 9.17) is 4.74 Å². The minimum absolute atomic E-state index is 0.227. The predicted molar refractivity (Wildman–Crippen MR) is 108 cm³/mol. The summed E-state index contributed by atoms with van der Waals surface area (Å²) in [6.07, 6.45) is 3.24. The van der Waals surface area contributed by atoms with E-state index in [0.717, 1.165) is 30.0 Å². The molecule has 7 heteroatoms. The molecule has 1 aliphatic heterocycles. The monoisotopic (exact) mass is 384 g/mol. The summed E-state index contributed by atoms with van der Waals surface area (Å²) in [5, 5.41) is 7.10. The number of nitrogens with one attached hydrogen (secondary N) is 1. The number of nitrogens with zero attached hydrogens (tertiary/aromatic N) is 3. The van der Waals surface area contributed by atoms with E-state index < -0.39 is 0 Å². The Kier molecular flexibility index (Phi) is 6.34. The molecule has 0 aliphatic carbocycles. The third kappa shape index (κ3) is 4.91. The molecule has 1 N–H and O–H groups in total. The van der Waals surface area contributed by atoms with Crippen LogP contribution in [-0.2, 0) is 27.8 Å². The number of anilines is 2. The van der Waals surface area contributed by atoms with Crippen molar-refractivity contribution in [1.29, 1.82) is 0 Å². The zero-order valence-corrected chi connectivity index (χ0v) is 16.8. The van der Waals surface area contributed by atoms with Crippen molar-refractivity contribution in [2.75, 3.05) is 29.9 Å². The molecule has 7 nitrogen and oxygen atoms in total. The molecule has 3 rings (SSSR count). The van der Waals surface area contributed by atoms with Gasteiger partial charge in [-0.05, 0) is 62.9 Å². The molecule has 150 valence electrons. The molecule has 0 unspecified atom stereocenters. The fraction of sp³-hybridized carbons (Fsp3) is 0.476. The van der Waals surface area contributed by atoms with Gasteiger partial charge in [-0.3, -0.25) is 14.3 Å². The molecule has 1 aromatic carbocycles. The second-order valence-corrected chi connectivity index (χ2v) is 7.22. The maximum absolute atomic E-state index is 12.0. The number of carbonyl (C=O) groups excluding carboxylic acids is 2. The van der Waals surface area contributed by atoms with E-state index in [-0.39, 0.29) is 24.9 Å². The normalized spacial score (nSPS) is 13.6. The van der Waals surface area contributed by atoms with Crippen LogP contribution in [0.4, 0.5) is 11.4 Å². The number of aryl methyl sites for hydroxylation is 2. The van der Waals surface area contributed by atoms with Gasteiger partial charge in [0.2, 0.25) is 0 Å². The molecule has 1 saturated heterocycles.